The first-order valence-corrected chi connectivity index (χ1v) is 8.00. The van der Waals surface area contributed by atoms with Crippen molar-refractivity contribution in [2.75, 3.05) is 53.0 Å². The summed E-state index contributed by atoms with van der Waals surface area (Å²) in [6.07, 6.45) is 4.18. The molecule has 1 N–H and O–H groups in total. The maximum atomic E-state index is 12.5. The molecule has 20 heavy (non-hydrogen) atoms. The summed E-state index contributed by atoms with van der Waals surface area (Å²) in [6, 6.07) is 0. The molecule has 5 heteroatoms. The van der Waals surface area contributed by atoms with Crippen molar-refractivity contribution in [3.05, 3.63) is 0 Å². The lowest BCUT2D eigenvalue weighted by molar-refractivity contribution is -0.134. The molecule has 0 aromatic carbocycles. The quantitative estimate of drug-likeness (QED) is 0.791. The summed E-state index contributed by atoms with van der Waals surface area (Å²) in [7, 11) is 2.12. The normalized spacial score (nSPS) is 32.2. The standard InChI is InChI=1S/C15H27N3O2/c1-17-7-2-6-16-14(19)15(17)4-8-18(9-5-15)11-13-3-10-20-12-13/h13H,2-12H2,1H3,(H,16,19). The van der Waals surface area contributed by atoms with E-state index in [4.69, 9.17) is 4.74 Å². The minimum atomic E-state index is -0.251. The number of likely N-dealkylation sites (N-methyl/N-ethyl adjacent to an activating group) is 1. The van der Waals surface area contributed by atoms with Gasteiger partial charge in [-0.3, -0.25) is 9.69 Å². The topological polar surface area (TPSA) is 44.8 Å². The molecule has 3 aliphatic heterocycles. The van der Waals surface area contributed by atoms with Gasteiger partial charge in [0, 0.05) is 39.3 Å². The average Bonchev–Trinajstić information content (AvgIpc) is 2.92. The highest BCUT2D eigenvalue weighted by Crippen LogP contribution is 2.30. The number of rotatable bonds is 2. The fourth-order valence-corrected chi connectivity index (χ4v) is 3.88. The summed E-state index contributed by atoms with van der Waals surface area (Å²) >= 11 is 0. The monoisotopic (exact) mass is 281 g/mol. The number of hydrogen-bond donors (Lipinski definition) is 1. The molecule has 3 aliphatic rings. The van der Waals surface area contributed by atoms with Crippen molar-refractivity contribution in [1.29, 1.82) is 0 Å². The molecule has 1 amide bonds. The van der Waals surface area contributed by atoms with Gasteiger partial charge in [0.15, 0.2) is 0 Å². The van der Waals surface area contributed by atoms with Crippen molar-refractivity contribution in [3.8, 4) is 0 Å². The second kappa shape index (κ2) is 6.00. The van der Waals surface area contributed by atoms with E-state index in [-0.39, 0.29) is 11.4 Å². The molecule has 0 bridgehead atoms. The fraction of sp³-hybridized carbons (Fsp3) is 0.933. The smallest absolute Gasteiger partial charge is 0.240 e. The zero-order valence-electron chi connectivity index (χ0n) is 12.6. The largest absolute Gasteiger partial charge is 0.381 e. The minimum absolute atomic E-state index is 0.251. The molecule has 0 aliphatic carbocycles. The van der Waals surface area contributed by atoms with Gasteiger partial charge in [0.05, 0.1) is 6.61 Å². The first kappa shape index (κ1) is 14.3. The number of carbonyl (C=O) groups excluding carboxylic acids is 1. The SMILES string of the molecule is CN1CCCNC(=O)C12CCN(CC1CCOC1)CC2. The summed E-state index contributed by atoms with van der Waals surface area (Å²) in [4.78, 5) is 17.3. The third kappa shape index (κ3) is 2.71. The average molecular weight is 281 g/mol. The maximum Gasteiger partial charge on any atom is 0.240 e. The summed E-state index contributed by atoms with van der Waals surface area (Å²) in [5.74, 6) is 0.950. The van der Waals surface area contributed by atoms with Crippen LogP contribution in [0.3, 0.4) is 0 Å². The number of likely N-dealkylation sites (tertiary alicyclic amines) is 1. The Balaban J connectivity index is 1.59. The van der Waals surface area contributed by atoms with Crippen molar-refractivity contribution in [2.24, 2.45) is 5.92 Å². The summed E-state index contributed by atoms with van der Waals surface area (Å²) in [5.41, 5.74) is -0.251. The van der Waals surface area contributed by atoms with E-state index in [0.717, 1.165) is 65.2 Å². The van der Waals surface area contributed by atoms with Gasteiger partial charge in [0.1, 0.15) is 5.54 Å². The predicted octanol–water partition coefficient (Wildman–Crippen LogP) is 0.309. The number of nitrogens with one attached hydrogen (secondary N) is 1. The predicted molar refractivity (Wildman–Crippen MR) is 77.6 cm³/mol. The van der Waals surface area contributed by atoms with Crippen LogP contribution >= 0.6 is 0 Å². The Hall–Kier alpha value is -0.650. The molecule has 5 nitrogen and oxygen atoms in total. The molecule has 3 saturated heterocycles. The number of carbonyl (C=O) groups is 1. The van der Waals surface area contributed by atoms with Gasteiger partial charge in [-0.1, -0.05) is 0 Å². The third-order valence-corrected chi connectivity index (χ3v) is 5.33. The van der Waals surface area contributed by atoms with Crippen molar-refractivity contribution < 1.29 is 9.53 Å². The van der Waals surface area contributed by atoms with Gasteiger partial charge in [0.25, 0.3) is 0 Å². The number of piperidine rings is 1. The van der Waals surface area contributed by atoms with Gasteiger partial charge in [0.2, 0.25) is 5.91 Å². The molecule has 3 fully saturated rings. The van der Waals surface area contributed by atoms with Crippen molar-refractivity contribution >= 4 is 5.91 Å². The molecule has 0 aromatic rings. The second-order valence-corrected chi connectivity index (χ2v) is 6.59. The number of hydrogen-bond acceptors (Lipinski definition) is 4. The van der Waals surface area contributed by atoms with E-state index in [1.54, 1.807) is 0 Å². The first-order valence-electron chi connectivity index (χ1n) is 8.00. The molecule has 114 valence electrons. The summed E-state index contributed by atoms with van der Waals surface area (Å²) in [6.45, 7) is 6.91. The Morgan fingerprint density at radius 1 is 1.35 bits per heavy atom. The van der Waals surface area contributed by atoms with Gasteiger partial charge in [-0.05, 0) is 38.6 Å². The minimum Gasteiger partial charge on any atom is -0.381 e. The lowest BCUT2D eigenvalue weighted by Gasteiger charge is -2.45. The van der Waals surface area contributed by atoms with Crippen LogP contribution in [0.25, 0.3) is 0 Å². The molecule has 1 atom stereocenters. The molecule has 0 radical (unpaired) electrons. The highest BCUT2D eigenvalue weighted by molar-refractivity contribution is 5.86. The van der Waals surface area contributed by atoms with Crippen LogP contribution in [0.1, 0.15) is 25.7 Å². The van der Waals surface area contributed by atoms with E-state index in [1.165, 1.54) is 6.42 Å². The number of ether oxygens (including phenoxy) is 1. The third-order valence-electron chi connectivity index (χ3n) is 5.33. The Bertz CT molecular complexity index is 347. The van der Waals surface area contributed by atoms with E-state index in [2.05, 4.69) is 22.2 Å². The van der Waals surface area contributed by atoms with Gasteiger partial charge in [-0.25, -0.2) is 0 Å². The summed E-state index contributed by atoms with van der Waals surface area (Å²) in [5, 5.41) is 3.10. The Morgan fingerprint density at radius 2 is 2.15 bits per heavy atom. The molecule has 3 heterocycles. The van der Waals surface area contributed by atoms with Crippen LogP contribution < -0.4 is 5.32 Å². The lowest BCUT2D eigenvalue weighted by atomic mass is 9.84. The second-order valence-electron chi connectivity index (χ2n) is 6.59. The zero-order chi connectivity index (χ0) is 14.0. The van der Waals surface area contributed by atoms with E-state index in [0.29, 0.717) is 5.92 Å². The van der Waals surface area contributed by atoms with E-state index >= 15 is 0 Å². The molecular weight excluding hydrogens is 254 g/mol. The van der Waals surface area contributed by atoms with Gasteiger partial charge >= 0.3 is 0 Å². The fourth-order valence-electron chi connectivity index (χ4n) is 3.88. The summed E-state index contributed by atoms with van der Waals surface area (Å²) < 4.78 is 5.46. The Labute approximate surface area is 121 Å². The molecule has 1 spiro atoms. The van der Waals surface area contributed by atoms with Gasteiger partial charge < -0.3 is 15.0 Å². The van der Waals surface area contributed by atoms with Gasteiger partial charge in [-0.2, -0.15) is 0 Å². The van der Waals surface area contributed by atoms with Crippen molar-refractivity contribution in [1.82, 2.24) is 15.1 Å². The van der Waals surface area contributed by atoms with E-state index in [9.17, 15) is 4.79 Å². The molecule has 3 rings (SSSR count). The lowest BCUT2D eigenvalue weighted by Crippen LogP contribution is -2.61. The Kier molecular flexibility index (Phi) is 4.29. The van der Waals surface area contributed by atoms with Crippen LogP contribution in [-0.2, 0) is 9.53 Å². The molecule has 0 aromatic heterocycles. The Morgan fingerprint density at radius 3 is 2.85 bits per heavy atom. The molecule has 0 saturated carbocycles. The van der Waals surface area contributed by atoms with Crippen LogP contribution in [-0.4, -0.2) is 74.2 Å². The van der Waals surface area contributed by atoms with E-state index in [1.807, 2.05) is 0 Å². The van der Waals surface area contributed by atoms with Crippen molar-refractivity contribution in [2.45, 2.75) is 31.2 Å². The molecule has 1 unspecified atom stereocenters. The molecular formula is C15H27N3O2. The first-order chi connectivity index (χ1) is 9.71. The van der Waals surface area contributed by atoms with Crippen LogP contribution in [0, 0.1) is 5.92 Å². The number of amides is 1. The highest BCUT2D eigenvalue weighted by Gasteiger charge is 2.45. The van der Waals surface area contributed by atoms with Crippen molar-refractivity contribution in [3.63, 3.8) is 0 Å². The number of nitrogens with zero attached hydrogens (tertiary/aromatic N) is 2. The van der Waals surface area contributed by atoms with Crippen LogP contribution in [0.5, 0.6) is 0 Å². The van der Waals surface area contributed by atoms with Crippen LogP contribution in [0.2, 0.25) is 0 Å². The highest BCUT2D eigenvalue weighted by atomic mass is 16.5. The van der Waals surface area contributed by atoms with Crippen LogP contribution in [0.4, 0.5) is 0 Å². The maximum absolute atomic E-state index is 12.5. The van der Waals surface area contributed by atoms with E-state index < -0.39 is 0 Å². The zero-order valence-corrected chi connectivity index (χ0v) is 12.6. The van der Waals surface area contributed by atoms with Gasteiger partial charge in [-0.15, -0.1) is 0 Å². The van der Waals surface area contributed by atoms with Crippen LogP contribution in [0.15, 0.2) is 0 Å².